The second kappa shape index (κ2) is 8.02. The average molecular weight is 358 g/mol. The molecule has 0 spiro atoms. The predicted octanol–water partition coefficient (Wildman–Crippen LogP) is 2.57. The van der Waals surface area contributed by atoms with Crippen LogP contribution in [0.1, 0.15) is 19.4 Å². The summed E-state index contributed by atoms with van der Waals surface area (Å²) in [6, 6.07) is 5.41. The number of hydrogen-bond acceptors (Lipinski definition) is 3. The van der Waals surface area contributed by atoms with E-state index in [1.807, 2.05) is 26.0 Å². The summed E-state index contributed by atoms with van der Waals surface area (Å²) in [4.78, 5) is 24.6. The van der Waals surface area contributed by atoms with Crippen molar-refractivity contribution in [2.24, 2.45) is 5.92 Å². The van der Waals surface area contributed by atoms with Gasteiger partial charge in [0.05, 0.1) is 13.5 Å². The number of nitrogens with zero attached hydrogens (tertiary/aromatic N) is 1. The minimum atomic E-state index is -1.01. The van der Waals surface area contributed by atoms with Crippen molar-refractivity contribution in [1.82, 2.24) is 4.90 Å². The maximum absolute atomic E-state index is 12.4. The van der Waals surface area contributed by atoms with Gasteiger partial charge in [0.25, 0.3) is 0 Å². The quantitative estimate of drug-likeness (QED) is 0.814. The molecule has 0 aliphatic carbocycles. The molecule has 0 aliphatic heterocycles. The number of halogens is 1. The van der Waals surface area contributed by atoms with Crippen molar-refractivity contribution < 1.29 is 19.4 Å². The van der Waals surface area contributed by atoms with Crippen LogP contribution in [0, 0.1) is 5.92 Å². The Balaban J connectivity index is 2.90. The summed E-state index contributed by atoms with van der Waals surface area (Å²) in [6.07, 6.45) is 0.114. The summed E-state index contributed by atoms with van der Waals surface area (Å²) in [7, 11) is 1.54. The molecule has 0 unspecified atom stereocenters. The molecule has 0 saturated heterocycles. The molecular weight excluding hydrogens is 338 g/mol. The fourth-order valence-electron chi connectivity index (χ4n) is 2.02. The van der Waals surface area contributed by atoms with Crippen LogP contribution < -0.4 is 4.74 Å². The number of methoxy groups -OCH3 is 1. The number of carboxylic acids is 1. The number of benzene rings is 1. The molecule has 1 amide bonds. The van der Waals surface area contributed by atoms with Crippen molar-refractivity contribution in [3.05, 3.63) is 28.2 Å². The summed E-state index contributed by atoms with van der Waals surface area (Å²) in [5.74, 6) is -0.406. The van der Waals surface area contributed by atoms with Crippen LogP contribution in [0.5, 0.6) is 5.75 Å². The Bertz CT molecular complexity index is 516. The highest BCUT2D eigenvalue weighted by Crippen LogP contribution is 2.24. The predicted molar refractivity (Wildman–Crippen MR) is 83.5 cm³/mol. The molecule has 1 rings (SSSR count). The Kier molecular flexibility index (Phi) is 6.68. The lowest BCUT2D eigenvalue weighted by atomic mass is 10.1. The van der Waals surface area contributed by atoms with Crippen molar-refractivity contribution in [1.29, 1.82) is 0 Å². The third-order valence-electron chi connectivity index (χ3n) is 2.85. The van der Waals surface area contributed by atoms with Gasteiger partial charge in [-0.2, -0.15) is 0 Å². The van der Waals surface area contributed by atoms with E-state index >= 15 is 0 Å². The SMILES string of the molecule is COc1ccc(Br)cc1CC(=O)N(CC(=O)O)CC(C)C. The Labute approximate surface area is 133 Å². The molecule has 5 nitrogen and oxygen atoms in total. The van der Waals surface area contributed by atoms with E-state index in [1.54, 1.807) is 13.2 Å². The molecule has 0 fully saturated rings. The van der Waals surface area contributed by atoms with Gasteiger partial charge in [0.1, 0.15) is 12.3 Å². The van der Waals surface area contributed by atoms with Crippen LogP contribution in [-0.4, -0.2) is 42.1 Å². The third-order valence-corrected chi connectivity index (χ3v) is 3.34. The first-order valence-corrected chi connectivity index (χ1v) is 7.44. The lowest BCUT2D eigenvalue weighted by Gasteiger charge is -2.23. The molecule has 0 atom stereocenters. The number of amides is 1. The van der Waals surface area contributed by atoms with Gasteiger partial charge in [-0.1, -0.05) is 29.8 Å². The zero-order chi connectivity index (χ0) is 16.0. The van der Waals surface area contributed by atoms with Crippen molar-refractivity contribution in [2.45, 2.75) is 20.3 Å². The van der Waals surface area contributed by atoms with E-state index in [2.05, 4.69) is 15.9 Å². The van der Waals surface area contributed by atoms with E-state index < -0.39 is 5.97 Å². The van der Waals surface area contributed by atoms with Gasteiger partial charge in [-0.05, 0) is 24.1 Å². The zero-order valence-corrected chi connectivity index (χ0v) is 14.0. The number of carbonyl (C=O) groups excluding carboxylic acids is 1. The molecule has 1 aromatic carbocycles. The average Bonchev–Trinajstić information content (AvgIpc) is 2.37. The summed E-state index contributed by atoms with van der Waals surface area (Å²) in [5, 5.41) is 8.93. The fourth-order valence-corrected chi connectivity index (χ4v) is 2.43. The summed E-state index contributed by atoms with van der Waals surface area (Å²) in [6.45, 7) is 4.03. The number of carboxylic acid groups (broad SMARTS) is 1. The van der Waals surface area contributed by atoms with Crippen LogP contribution in [0.4, 0.5) is 0 Å². The fraction of sp³-hybridized carbons (Fsp3) is 0.467. The molecule has 0 radical (unpaired) electrons. The standard InChI is InChI=1S/C15H20BrNO4/c1-10(2)8-17(9-15(19)20)14(18)7-11-6-12(16)4-5-13(11)21-3/h4-6,10H,7-9H2,1-3H3,(H,19,20). The van der Waals surface area contributed by atoms with Gasteiger partial charge in [0.2, 0.25) is 5.91 Å². The molecule has 21 heavy (non-hydrogen) atoms. The summed E-state index contributed by atoms with van der Waals surface area (Å²) in [5.41, 5.74) is 0.732. The monoisotopic (exact) mass is 357 g/mol. The molecule has 0 saturated carbocycles. The number of carbonyl (C=O) groups is 2. The maximum Gasteiger partial charge on any atom is 0.323 e. The molecule has 116 valence electrons. The zero-order valence-electron chi connectivity index (χ0n) is 12.4. The Morgan fingerprint density at radius 1 is 1.38 bits per heavy atom. The minimum Gasteiger partial charge on any atom is -0.496 e. The highest BCUT2D eigenvalue weighted by Gasteiger charge is 2.19. The second-order valence-corrected chi connectivity index (χ2v) is 6.11. The molecule has 0 heterocycles. The highest BCUT2D eigenvalue weighted by atomic mass is 79.9. The summed E-state index contributed by atoms with van der Waals surface area (Å²) >= 11 is 3.36. The number of ether oxygens (including phenoxy) is 1. The lowest BCUT2D eigenvalue weighted by molar-refractivity contribution is -0.144. The van der Waals surface area contributed by atoms with E-state index in [1.165, 1.54) is 4.90 Å². The van der Waals surface area contributed by atoms with Gasteiger partial charge in [0.15, 0.2) is 0 Å². The first-order chi connectivity index (χ1) is 9.83. The van der Waals surface area contributed by atoms with Gasteiger partial charge in [-0.25, -0.2) is 0 Å². The molecular formula is C15H20BrNO4. The first-order valence-electron chi connectivity index (χ1n) is 6.65. The minimum absolute atomic E-state index is 0.114. The van der Waals surface area contributed by atoms with Gasteiger partial charge >= 0.3 is 5.97 Å². The second-order valence-electron chi connectivity index (χ2n) is 5.19. The Hall–Kier alpha value is -1.56. The van der Waals surface area contributed by atoms with Crippen LogP contribution in [0.2, 0.25) is 0 Å². The van der Waals surface area contributed by atoms with Gasteiger partial charge in [0, 0.05) is 16.6 Å². The molecule has 0 aromatic heterocycles. The van der Waals surface area contributed by atoms with Crippen LogP contribution in [0.15, 0.2) is 22.7 Å². The van der Waals surface area contributed by atoms with Crippen molar-refractivity contribution >= 4 is 27.8 Å². The molecule has 6 heteroatoms. The Morgan fingerprint density at radius 3 is 2.57 bits per heavy atom. The number of aliphatic carboxylic acids is 1. The number of hydrogen-bond donors (Lipinski definition) is 1. The smallest absolute Gasteiger partial charge is 0.323 e. The van der Waals surface area contributed by atoms with Crippen LogP contribution in [0.25, 0.3) is 0 Å². The number of rotatable bonds is 7. The highest BCUT2D eigenvalue weighted by molar-refractivity contribution is 9.10. The molecule has 1 N–H and O–H groups in total. The van der Waals surface area contributed by atoms with E-state index in [-0.39, 0.29) is 24.8 Å². The van der Waals surface area contributed by atoms with Gasteiger partial charge in [-0.3, -0.25) is 9.59 Å². The van der Waals surface area contributed by atoms with Crippen molar-refractivity contribution in [3.63, 3.8) is 0 Å². The normalized spacial score (nSPS) is 10.5. The summed E-state index contributed by atoms with van der Waals surface area (Å²) < 4.78 is 6.08. The van der Waals surface area contributed by atoms with Crippen molar-refractivity contribution in [2.75, 3.05) is 20.2 Å². The molecule has 1 aromatic rings. The van der Waals surface area contributed by atoms with E-state index in [0.717, 1.165) is 10.0 Å². The van der Waals surface area contributed by atoms with Crippen LogP contribution >= 0.6 is 15.9 Å². The Morgan fingerprint density at radius 2 is 2.05 bits per heavy atom. The lowest BCUT2D eigenvalue weighted by Crippen LogP contribution is -2.39. The van der Waals surface area contributed by atoms with Crippen LogP contribution in [0.3, 0.4) is 0 Å². The largest absolute Gasteiger partial charge is 0.496 e. The van der Waals surface area contributed by atoms with Gasteiger partial charge in [-0.15, -0.1) is 0 Å². The maximum atomic E-state index is 12.4. The van der Waals surface area contributed by atoms with E-state index in [9.17, 15) is 9.59 Å². The molecule has 0 aliphatic rings. The third kappa shape index (κ3) is 5.75. The van der Waals surface area contributed by atoms with E-state index in [0.29, 0.717) is 12.3 Å². The van der Waals surface area contributed by atoms with Gasteiger partial charge < -0.3 is 14.7 Å². The van der Waals surface area contributed by atoms with Crippen LogP contribution in [-0.2, 0) is 16.0 Å². The first kappa shape index (κ1) is 17.5. The van der Waals surface area contributed by atoms with E-state index in [4.69, 9.17) is 9.84 Å². The topological polar surface area (TPSA) is 66.8 Å². The van der Waals surface area contributed by atoms with Crippen molar-refractivity contribution in [3.8, 4) is 5.75 Å². The molecule has 0 bridgehead atoms.